The summed E-state index contributed by atoms with van der Waals surface area (Å²) >= 11 is 0. The number of carbonyl (C=O) groups excluding carboxylic acids is 3. The van der Waals surface area contributed by atoms with Crippen LogP contribution in [0.4, 0.5) is 4.79 Å². The van der Waals surface area contributed by atoms with Crippen LogP contribution in [0.2, 0.25) is 0 Å². The van der Waals surface area contributed by atoms with Crippen LogP contribution in [0, 0.1) is 0 Å². The number of benzene rings is 1. The van der Waals surface area contributed by atoms with Crippen LogP contribution in [0.5, 0.6) is 0 Å². The van der Waals surface area contributed by atoms with Crippen molar-refractivity contribution in [1.29, 1.82) is 0 Å². The van der Waals surface area contributed by atoms with Gasteiger partial charge in [-0.2, -0.15) is 5.10 Å². The number of nitrogens with one attached hydrogen (secondary N) is 2. The Hall–Kier alpha value is -3.53. The highest BCUT2D eigenvalue weighted by Gasteiger charge is 2.45. The summed E-state index contributed by atoms with van der Waals surface area (Å²) in [5.41, 5.74) is 4.79. The number of carbonyl (C=O) groups is 3. The molecule has 2 aromatic rings. The van der Waals surface area contributed by atoms with Gasteiger partial charge in [-0.3, -0.25) is 9.59 Å². The summed E-state index contributed by atoms with van der Waals surface area (Å²) in [5.74, 6) is -0.443. The molecule has 1 aliphatic rings. The molecule has 0 spiro atoms. The summed E-state index contributed by atoms with van der Waals surface area (Å²) in [4.78, 5) is 50.1. The molecule has 0 bridgehead atoms. The average Bonchev–Trinajstić information content (AvgIpc) is 2.85. The average molecular weight is 512 g/mol. The number of amides is 2. The van der Waals surface area contributed by atoms with Crippen LogP contribution in [0.15, 0.2) is 41.2 Å². The van der Waals surface area contributed by atoms with E-state index in [1.54, 1.807) is 33.9 Å². The summed E-state index contributed by atoms with van der Waals surface area (Å²) in [6, 6.07) is 10.4. The molecule has 1 saturated carbocycles. The molecular weight excluding hydrogens is 474 g/mol. The van der Waals surface area contributed by atoms with E-state index in [0.29, 0.717) is 24.8 Å². The number of aldehydes is 1. The predicted octanol–water partition coefficient (Wildman–Crippen LogP) is 2.23. The number of nitrogens with two attached hydrogens (primary N) is 1. The molecule has 3 rings (SSSR count). The van der Waals surface area contributed by atoms with Crippen LogP contribution < -0.4 is 21.9 Å². The van der Waals surface area contributed by atoms with E-state index in [9.17, 15) is 19.2 Å². The molecule has 1 heterocycles. The van der Waals surface area contributed by atoms with Gasteiger partial charge in [0.25, 0.3) is 5.56 Å². The first kappa shape index (κ1) is 28.0. The minimum Gasteiger partial charge on any atom is -0.444 e. The van der Waals surface area contributed by atoms with Gasteiger partial charge in [0.1, 0.15) is 23.0 Å². The Morgan fingerprint density at radius 2 is 1.76 bits per heavy atom. The van der Waals surface area contributed by atoms with Crippen molar-refractivity contribution in [3.05, 3.63) is 52.3 Å². The van der Waals surface area contributed by atoms with E-state index >= 15 is 0 Å². The highest BCUT2D eigenvalue weighted by atomic mass is 16.6. The molecule has 0 saturated heterocycles. The lowest BCUT2D eigenvalue weighted by Crippen LogP contribution is -2.66. The van der Waals surface area contributed by atoms with Gasteiger partial charge >= 0.3 is 6.09 Å². The normalized spacial score (nSPS) is 16.8. The molecule has 4 N–H and O–H groups in total. The molecule has 10 heteroatoms. The largest absolute Gasteiger partial charge is 0.444 e. The second kappa shape index (κ2) is 11.2. The maximum Gasteiger partial charge on any atom is 0.408 e. The van der Waals surface area contributed by atoms with E-state index in [-0.39, 0.29) is 18.5 Å². The first-order valence-corrected chi connectivity index (χ1v) is 12.5. The van der Waals surface area contributed by atoms with Crippen molar-refractivity contribution in [3.63, 3.8) is 0 Å². The second-order valence-electron chi connectivity index (χ2n) is 10.8. The minimum atomic E-state index is -1.35. The molecule has 1 aliphatic carbocycles. The lowest BCUT2D eigenvalue weighted by atomic mass is 9.79. The fourth-order valence-electron chi connectivity index (χ4n) is 4.51. The number of hydrogen-bond acceptors (Lipinski definition) is 7. The van der Waals surface area contributed by atoms with E-state index < -0.39 is 28.7 Å². The van der Waals surface area contributed by atoms with Crippen LogP contribution in [0.1, 0.15) is 58.4 Å². The third-order valence-electron chi connectivity index (χ3n) is 6.56. The highest BCUT2D eigenvalue weighted by Crippen LogP contribution is 2.30. The van der Waals surface area contributed by atoms with Crippen molar-refractivity contribution < 1.29 is 19.1 Å². The number of ether oxygens (including phenoxy) is 1. The summed E-state index contributed by atoms with van der Waals surface area (Å²) in [5, 5.41) is 9.91. The molecule has 0 radical (unpaired) electrons. The van der Waals surface area contributed by atoms with Gasteiger partial charge in [-0.25, -0.2) is 9.48 Å². The second-order valence-corrected chi connectivity index (χ2v) is 10.8. The van der Waals surface area contributed by atoms with Crippen molar-refractivity contribution in [3.8, 4) is 11.3 Å². The van der Waals surface area contributed by atoms with Crippen LogP contribution in [0.25, 0.3) is 11.3 Å². The Labute approximate surface area is 217 Å². The van der Waals surface area contributed by atoms with E-state index in [1.807, 2.05) is 24.3 Å². The van der Waals surface area contributed by atoms with Gasteiger partial charge < -0.3 is 25.9 Å². The Morgan fingerprint density at radius 1 is 1.11 bits per heavy atom. The molecule has 1 aromatic carbocycles. The van der Waals surface area contributed by atoms with Crippen molar-refractivity contribution in [2.45, 2.75) is 76.0 Å². The van der Waals surface area contributed by atoms with Gasteiger partial charge in [-0.05, 0) is 45.2 Å². The molecule has 10 nitrogen and oxygen atoms in total. The summed E-state index contributed by atoms with van der Waals surface area (Å²) in [6.45, 7) is 5.15. The van der Waals surface area contributed by atoms with Gasteiger partial charge in [-0.15, -0.1) is 0 Å². The molecule has 2 amide bonds. The maximum absolute atomic E-state index is 13.6. The zero-order valence-electron chi connectivity index (χ0n) is 22.0. The Morgan fingerprint density at radius 3 is 2.30 bits per heavy atom. The number of alkyl carbamates (subject to hydrolysis) is 1. The quantitative estimate of drug-likeness (QED) is 0.461. The number of hydrogen-bond donors (Lipinski definition) is 3. The first-order chi connectivity index (χ1) is 17.4. The topological polar surface area (TPSA) is 145 Å². The van der Waals surface area contributed by atoms with Gasteiger partial charge in [0, 0.05) is 31.6 Å². The lowest BCUT2D eigenvalue weighted by molar-refractivity contribution is -0.133. The van der Waals surface area contributed by atoms with Crippen LogP contribution in [0.3, 0.4) is 0 Å². The molecule has 0 aliphatic heterocycles. The van der Waals surface area contributed by atoms with Crippen molar-refractivity contribution >= 4 is 18.3 Å². The van der Waals surface area contributed by atoms with E-state index in [1.165, 1.54) is 10.7 Å². The molecular formula is C27H37N5O5. The highest BCUT2D eigenvalue weighted by molar-refractivity contribution is 5.92. The fraction of sp³-hybridized carbons (Fsp3) is 0.519. The molecule has 1 unspecified atom stereocenters. The van der Waals surface area contributed by atoms with Gasteiger partial charge in [0.2, 0.25) is 5.91 Å². The molecule has 1 fully saturated rings. The summed E-state index contributed by atoms with van der Waals surface area (Å²) < 4.78 is 6.67. The first-order valence-electron chi connectivity index (χ1n) is 12.5. The third-order valence-corrected chi connectivity index (χ3v) is 6.56. The third kappa shape index (κ3) is 7.03. The van der Waals surface area contributed by atoms with Gasteiger partial charge in [0.15, 0.2) is 0 Å². The van der Waals surface area contributed by atoms with E-state index in [2.05, 4.69) is 15.7 Å². The molecule has 1 atom stereocenters. The number of aryl methyl sites for hydroxylation is 1. The van der Waals surface area contributed by atoms with E-state index in [4.69, 9.17) is 10.5 Å². The van der Waals surface area contributed by atoms with Gasteiger partial charge in [-0.1, -0.05) is 43.5 Å². The zero-order chi connectivity index (χ0) is 27.3. The summed E-state index contributed by atoms with van der Waals surface area (Å²) in [7, 11) is 1.58. The minimum absolute atomic E-state index is 0.116. The fourth-order valence-corrected chi connectivity index (χ4v) is 4.51. The monoisotopic (exact) mass is 511 g/mol. The van der Waals surface area contributed by atoms with Crippen molar-refractivity contribution in [2.24, 2.45) is 12.8 Å². The Balaban J connectivity index is 1.80. The van der Waals surface area contributed by atoms with E-state index in [0.717, 1.165) is 30.4 Å². The number of nitrogens with zero attached hydrogens (tertiary/aromatic N) is 2. The Kier molecular flexibility index (Phi) is 8.53. The maximum atomic E-state index is 13.6. The number of rotatable bonds is 8. The predicted molar refractivity (Wildman–Crippen MR) is 140 cm³/mol. The standard InChI is InChI=1S/C27H37N5O5/c1-25(2,3)37-24(36)30-27(14-6-5-7-15-27)23(35)29-26(17-28,18-33)16-19-8-10-20(11-9-19)21-12-13-22(34)32(4)31-21/h8-13,18H,5-7,14-17,28H2,1-4H3,(H,29,35)(H,30,36). The smallest absolute Gasteiger partial charge is 0.408 e. The van der Waals surface area contributed by atoms with Crippen LogP contribution in [-0.2, 0) is 27.8 Å². The van der Waals surface area contributed by atoms with Crippen LogP contribution in [-0.4, -0.2) is 51.3 Å². The SMILES string of the molecule is Cn1nc(-c2ccc(CC(C=O)(CN)NC(=O)C3(NC(=O)OC(C)(C)C)CCCCC3)cc2)ccc1=O. The summed E-state index contributed by atoms with van der Waals surface area (Å²) in [6.07, 6.45) is 3.53. The zero-order valence-corrected chi connectivity index (χ0v) is 22.0. The molecule has 37 heavy (non-hydrogen) atoms. The van der Waals surface area contributed by atoms with Crippen molar-refractivity contribution in [2.75, 3.05) is 6.54 Å². The number of aromatic nitrogens is 2. The Bertz CT molecular complexity index is 1180. The molecule has 1 aromatic heterocycles. The lowest BCUT2D eigenvalue weighted by Gasteiger charge is -2.40. The molecule has 200 valence electrons. The van der Waals surface area contributed by atoms with Crippen LogP contribution >= 0.6 is 0 Å². The van der Waals surface area contributed by atoms with Crippen molar-refractivity contribution in [1.82, 2.24) is 20.4 Å². The van der Waals surface area contributed by atoms with Gasteiger partial charge in [0.05, 0.1) is 5.69 Å².